The largest absolute Gasteiger partial charge is 0.335 e. The Labute approximate surface area is 441 Å². The van der Waals surface area contributed by atoms with Crippen LogP contribution in [-0.4, -0.2) is 6.04 Å². The summed E-state index contributed by atoms with van der Waals surface area (Å²) in [5.41, 5.74) is 19.9. The number of hydrogen-bond donors (Lipinski definition) is 0. The molecule has 0 aromatic heterocycles. The monoisotopic (exact) mass is 960 g/mol. The molecule has 366 valence electrons. The van der Waals surface area contributed by atoms with Crippen molar-refractivity contribution in [3.05, 3.63) is 299 Å². The second kappa shape index (κ2) is 21.0. The number of anilines is 1. The zero-order chi connectivity index (χ0) is 49.2. The van der Waals surface area contributed by atoms with E-state index in [-0.39, 0.29) is 17.9 Å². The Morgan fingerprint density at radius 3 is 1.80 bits per heavy atom. The molecule has 0 spiro atoms. The second-order valence-electron chi connectivity index (χ2n) is 22.1. The molecule has 0 heterocycles. The van der Waals surface area contributed by atoms with Crippen molar-refractivity contribution in [2.45, 2.75) is 88.0 Å². The average molecular weight is 960 g/mol. The first kappa shape index (κ1) is 46.6. The van der Waals surface area contributed by atoms with E-state index in [1.165, 1.54) is 72.6 Å². The highest BCUT2D eigenvalue weighted by Crippen LogP contribution is 2.52. The normalized spacial score (nSPS) is 28.5. The van der Waals surface area contributed by atoms with Crippen molar-refractivity contribution in [1.82, 2.24) is 0 Å². The highest BCUT2D eigenvalue weighted by atomic mass is 15.2. The van der Waals surface area contributed by atoms with E-state index in [9.17, 15) is 0 Å². The molecular formula is C73H69N. The van der Waals surface area contributed by atoms with E-state index < -0.39 is 0 Å². The Balaban J connectivity index is 0.796. The molecule has 0 N–H and O–H groups in total. The van der Waals surface area contributed by atoms with E-state index in [4.69, 9.17) is 0 Å². The molecule has 0 saturated carbocycles. The lowest BCUT2D eigenvalue weighted by Gasteiger charge is -2.38. The standard InChI is InChI=1S/C73H69N/c1-5-15-51(16-6-1)55-25-31-60(32-26-55)73(61-33-27-56(28-34-61)52-17-7-2-8-18-52)62-35-29-59(30-36-62)63-41-47-69-70-48-46-66(50-72(70)68-24-14-13-23-67(68)71(69)49-63)74(64-42-37-57(38-43-64)53-19-9-3-10-20-53)65-44-39-58(40-45-65)54-21-11-4-12-22-54/h1-3,5-11,13-17,19,21-25,27-29,31-33,35,37-39,41-42,44-50,52-53,55,58,61,64,67-68,73H,4,12,18,20,26,30,34,36,40,43H2/t52?,53?,55?,58?,61-,64?,67?,68?,73?/m0/s1. The minimum absolute atomic E-state index is 0.235. The molecule has 0 bridgehead atoms. The van der Waals surface area contributed by atoms with Crippen LogP contribution in [0.3, 0.4) is 0 Å². The lowest BCUT2D eigenvalue weighted by Crippen LogP contribution is -2.34. The van der Waals surface area contributed by atoms with Gasteiger partial charge in [-0.1, -0.05) is 230 Å². The molecule has 10 aliphatic rings. The number of fused-ring (bicyclic) bond motifs is 6. The molecule has 74 heavy (non-hydrogen) atoms. The molecule has 1 heteroatoms. The Kier molecular flexibility index (Phi) is 13.2. The summed E-state index contributed by atoms with van der Waals surface area (Å²) in [4.78, 5) is 2.64. The van der Waals surface area contributed by atoms with E-state index in [1.807, 2.05) is 0 Å². The van der Waals surface area contributed by atoms with E-state index in [0.29, 0.717) is 35.5 Å². The maximum Gasteiger partial charge on any atom is 0.0559 e. The summed E-state index contributed by atoms with van der Waals surface area (Å²) in [6, 6.07) is 26.1. The predicted octanol–water partition coefficient (Wildman–Crippen LogP) is 18.6. The van der Waals surface area contributed by atoms with Crippen LogP contribution in [0.4, 0.5) is 5.69 Å². The Morgan fingerprint density at radius 2 is 1.16 bits per heavy atom. The first-order valence-electron chi connectivity index (χ1n) is 28.1. The van der Waals surface area contributed by atoms with Gasteiger partial charge < -0.3 is 4.90 Å². The lowest BCUT2D eigenvalue weighted by molar-refractivity contribution is 0.497. The van der Waals surface area contributed by atoms with Gasteiger partial charge in [-0.3, -0.25) is 0 Å². The smallest absolute Gasteiger partial charge is 0.0559 e. The van der Waals surface area contributed by atoms with Crippen molar-refractivity contribution >= 4 is 11.3 Å². The number of benzene rings is 3. The fourth-order valence-electron chi connectivity index (χ4n) is 13.8. The first-order chi connectivity index (χ1) is 36.7. The van der Waals surface area contributed by atoms with Gasteiger partial charge in [0, 0.05) is 52.8 Å². The minimum Gasteiger partial charge on any atom is -0.335 e. The van der Waals surface area contributed by atoms with Gasteiger partial charge in [0.05, 0.1) is 6.04 Å². The highest BCUT2D eigenvalue weighted by Gasteiger charge is 2.35. The SMILES string of the molecule is C1=CCC(C2=CCC(N(C3=CCC(C4=CCCC=C4)C=C3)c3ccc4c(c3)C3C=CC=CC3c3cc(C5=CC=C(C(C6=CCC(c7ccccc7)C=C6)[C@H]6C=CC(C7C=CC=CC7)=CC6)CC5)ccc3-4)C=C2)C=C1. The third kappa shape index (κ3) is 9.36. The van der Waals surface area contributed by atoms with E-state index in [2.05, 4.69) is 248 Å². The van der Waals surface area contributed by atoms with Crippen molar-refractivity contribution in [2.24, 2.45) is 29.6 Å². The van der Waals surface area contributed by atoms with Crippen LogP contribution in [0, 0.1) is 29.6 Å². The fourth-order valence-corrected chi connectivity index (χ4v) is 13.8. The van der Waals surface area contributed by atoms with E-state index in [1.54, 1.807) is 5.57 Å². The number of nitrogens with zero attached hydrogens (tertiary/aromatic N) is 1. The molecular weight excluding hydrogens is 891 g/mol. The molecule has 8 unspecified atom stereocenters. The zero-order valence-electron chi connectivity index (χ0n) is 42.8. The molecule has 3 aromatic rings. The maximum atomic E-state index is 2.64. The molecule has 0 aliphatic heterocycles. The molecule has 3 aromatic carbocycles. The van der Waals surface area contributed by atoms with Gasteiger partial charge in [0.1, 0.15) is 0 Å². The van der Waals surface area contributed by atoms with Crippen molar-refractivity contribution in [3.63, 3.8) is 0 Å². The maximum absolute atomic E-state index is 2.64. The lowest BCUT2D eigenvalue weighted by atomic mass is 9.69. The van der Waals surface area contributed by atoms with Crippen LogP contribution in [0.1, 0.15) is 104 Å². The third-order valence-corrected chi connectivity index (χ3v) is 17.8. The fraction of sp³-hybridized carbons (Fsp3) is 0.260. The summed E-state index contributed by atoms with van der Waals surface area (Å²) in [6.07, 6.45) is 80.4. The second-order valence-corrected chi connectivity index (χ2v) is 22.1. The summed E-state index contributed by atoms with van der Waals surface area (Å²) < 4.78 is 0. The number of allylic oxidation sites excluding steroid dienone is 33. The van der Waals surface area contributed by atoms with E-state index in [0.717, 1.165) is 64.2 Å². The number of rotatable bonds is 11. The van der Waals surface area contributed by atoms with Crippen molar-refractivity contribution in [1.29, 1.82) is 0 Å². The summed E-state index contributed by atoms with van der Waals surface area (Å²) in [5, 5.41) is 0. The van der Waals surface area contributed by atoms with Crippen LogP contribution >= 0.6 is 0 Å². The van der Waals surface area contributed by atoms with Crippen LogP contribution in [-0.2, 0) is 0 Å². The molecule has 1 nitrogen and oxygen atoms in total. The molecule has 0 fully saturated rings. The highest BCUT2D eigenvalue weighted by molar-refractivity contribution is 5.82. The molecule has 0 amide bonds. The van der Waals surface area contributed by atoms with Gasteiger partial charge in [-0.05, 0) is 150 Å². The number of hydrogen-bond acceptors (Lipinski definition) is 1. The average Bonchev–Trinajstić information content (AvgIpc) is 3.50. The minimum atomic E-state index is 0.235. The van der Waals surface area contributed by atoms with Gasteiger partial charge in [-0.25, -0.2) is 0 Å². The van der Waals surface area contributed by atoms with Gasteiger partial charge in [0.15, 0.2) is 0 Å². The Morgan fingerprint density at radius 1 is 0.459 bits per heavy atom. The predicted molar refractivity (Wildman–Crippen MR) is 313 cm³/mol. The van der Waals surface area contributed by atoms with Gasteiger partial charge in [-0.15, -0.1) is 0 Å². The van der Waals surface area contributed by atoms with Gasteiger partial charge in [0.2, 0.25) is 0 Å². The Bertz CT molecular complexity index is 3270. The molecule has 0 saturated heterocycles. The van der Waals surface area contributed by atoms with Crippen LogP contribution in [0.25, 0.3) is 16.7 Å². The quantitative estimate of drug-likeness (QED) is 0.185. The summed E-state index contributed by atoms with van der Waals surface area (Å²) in [7, 11) is 0. The molecule has 13 rings (SSSR count). The topological polar surface area (TPSA) is 3.24 Å². The van der Waals surface area contributed by atoms with Crippen LogP contribution in [0.5, 0.6) is 0 Å². The zero-order valence-corrected chi connectivity index (χ0v) is 42.8. The van der Waals surface area contributed by atoms with Crippen molar-refractivity contribution in [3.8, 4) is 11.1 Å². The first-order valence-corrected chi connectivity index (χ1v) is 28.1. The van der Waals surface area contributed by atoms with Crippen molar-refractivity contribution in [2.75, 3.05) is 4.90 Å². The van der Waals surface area contributed by atoms with E-state index >= 15 is 0 Å². The third-order valence-electron chi connectivity index (χ3n) is 17.8. The molecule has 10 aliphatic carbocycles. The summed E-state index contributed by atoms with van der Waals surface area (Å²) in [6.45, 7) is 0. The van der Waals surface area contributed by atoms with Crippen LogP contribution in [0.15, 0.2) is 276 Å². The summed E-state index contributed by atoms with van der Waals surface area (Å²) >= 11 is 0. The van der Waals surface area contributed by atoms with Crippen molar-refractivity contribution < 1.29 is 0 Å². The van der Waals surface area contributed by atoms with Crippen LogP contribution in [0.2, 0.25) is 0 Å². The summed E-state index contributed by atoms with van der Waals surface area (Å²) in [5.74, 6) is 3.23. The van der Waals surface area contributed by atoms with Gasteiger partial charge >= 0.3 is 0 Å². The molecule has 0 radical (unpaired) electrons. The van der Waals surface area contributed by atoms with Crippen LogP contribution < -0.4 is 4.90 Å². The van der Waals surface area contributed by atoms with Gasteiger partial charge in [0.25, 0.3) is 0 Å². The van der Waals surface area contributed by atoms with Gasteiger partial charge in [-0.2, -0.15) is 0 Å². The Hall–Kier alpha value is -7.22. The molecule has 9 atom stereocenters.